The number of rotatable bonds is 7. The molecule has 0 saturated heterocycles. The minimum Gasteiger partial charge on any atom is -0.321 e. The van der Waals surface area contributed by atoms with Crippen molar-refractivity contribution in [3.05, 3.63) is 141 Å². The SMILES string of the molecule is [H]/N=N/C1=Cc2ccccc2C(c2ccc(-c3ccc(C4(S(=O)(=O)O)c5ccccc5C=C(/N=N/[H])C4N)c(F)c3)cc2F)(S(=O)(=O)O)C1N. The van der Waals surface area contributed by atoms with E-state index in [0.29, 0.717) is 0 Å². The summed E-state index contributed by atoms with van der Waals surface area (Å²) in [5, 5.41) is 7.20. The Labute approximate surface area is 276 Å². The molecule has 0 heterocycles. The second-order valence-electron chi connectivity index (χ2n) is 11.3. The third-order valence-corrected chi connectivity index (χ3v) is 12.0. The molecule has 12 nitrogen and oxygen atoms in total. The van der Waals surface area contributed by atoms with Crippen molar-refractivity contribution < 1.29 is 37.5 Å². The summed E-state index contributed by atoms with van der Waals surface area (Å²) in [6, 6.07) is 14.6. The Bertz CT molecular complexity index is 2240. The van der Waals surface area contributed by atoms with Crippen LogP contribution in [0.15, 0.2) is 107 Å². The quantitative estimate of drug-likeness (QED) is 0.109. The first kappa shape index (κ1) is 30.5. The molecule has 2 aliphatic carbocycles. The number of nitrogens with one attached hydrogen (secondary N) is 2. The van der Waals surface area contributed by atoms with E-state index in [0.717, 1.165) is 24.3 Å². The summed E-state index contributed by atoms with van der Waals surface area (Å²) < 4.78 is 116. The molecule has 8 N–H and O–H groups in total. The van der Waals surface area contributed by atoms with Gasteiger partial charge in [0.2, 0.25) is 2.82 Å². The summed E-state index contributed by atoms with van der Waals surface area (Å²) in [6.07, 6.45) is 2.73. The first-order valence-electron chi connectivity index (χ1n) is 14.9. The van der Waals surface area contributed by atoms with Gasteiger partial charge in [-0.3, -0.25) is 9.11 Å². The van der Waals surface area contributed by atoms with Crippen molar-refractivity contribution in [1.29, 1.82) is 11.0 Å². The average Bonchev–Trinajstić information content (AvgIpc) is 3.05. The smallest absolute Gasteiger partial charge is 0.281 e. The lowest BCUT2D eigenvalue weighted by Crippen LogP contribution is -2.54. The third-order valence-electron chi connectivity index (χ3n) is 8.96. The van der Waals surface area contributed by atoms with Crippen LogP contribution in [0.4, 0.5) is 8.78 Å². The van der Waals surface area contributed by atoms with Gasteiger partial charge in [0.05, 0.1) is 23.5 Å². The maximum absolute atomic E-state index is 16.3. The lowest BCUT2D eigenvalue weighted by atomic mass is 9.76. The fraction of sp³-hybridized carbons (Fsp3) is 0.125. The first-order chi connectivity index (χ1) is 23.6. The van der Waals surface area contributed by atoms with Crippen molar-refractivity contribution in [2.45, 2.75) is 21.6 Å². The molecule has 0 aromatic heterocycles. The fourth-order valence-corrected chi connectivity index (χ4v) is 9.55. The normalized spacial score (nSPS) is 24.8. The van der Waals surface area contributed by atoms with Gasteiger partial charge in [0.25, 0.3) is 20.2 Å². The van der Waals surface area contributed by atoms with E-state index >= 15 is 8.78 Å². The second-order valence-corrected chi connectivity index (χ2v) is 14.5. The zero-order chi connectivity index (χ0) is 36.2. The predicted octanol–water partition coefficient (Wildman–Crippen LogP) is 5.32. The predicted molar refractivity (Wildman–Crippen MR) is 172 cm³/mol. The van der Waals surface area contributed by atoms with Gasteiger partial charge in [0.15, 0.2) is 9.49 Å². The van der Waals surface area contributed by atoms with Crippen LogP contribution >= 0.6 is 0 Å². The molecule has 0 saturated carbocycles. The minimum absolute atomic E-state index is 0.000644. The van der Waals surface area contributed by atoms with Crippen LogP contribution < -0.4 is 11.5 Å². The first-order valence-corrected chi connectivity index (χ1v) is 16.9. The third kappa shape index (κ3) is 4.52. The molecule has 2 aliphatic rings. The van der Waals surface area contributed by atoms with Crippen LogP contribution in [0, 0.1) is 22.7 Å². The van der Waals surface area contributed by atoms with Crippen LogP contribution in [-0.2, 0) is 29.7 Å². The summed E-state index contributed by atoms with van der Waals surface area (Å²) in [6.45, 7) is 0. The summed E-state index contributed by atoms with van der Waals surface area (Å²) >= 11 is 0. The van der Waals surface area contributed by atoms with E-state index in [1.54, 1.807) is 12.1 Å². The highest BCUT2D eigenvalue weighted by Gasteiger charge is 2.58. The monoisotopic (exact) mass is 692 g/mol. The van der Waals surface area contributed by atoms with Gasteiger partial charge in [-0.1, -0.05) is 72.8 Å². The van der Waals surface area contributed by atoms with E-state index in [9.17, 15) is 25.9 Å². The highest BCUT2D eigenvalue weighted by Crippen LogP contribution is 2.50. The zero-order valence-corrected chi connectivity index (χ0v) is 26.1. The standard InChI is InChI=1S/C32H26F2N6O6S2/c33-25-13-17(9-11-23(25)31(47(41,42)43)21-7-3-1-5-19(21)15-27(39-37)29(31)35)18-10-12-24(26(34)14-18)32(48(44,45)46)22-8-4-2-6-20(22)16-28(40-38)30(32)36/h1-16,29-30,37-38H,35-36H2,(H,41,42,43)(H,44,45,46)/b39-37+,40-38+. The number of nitrogens with zero attached hydrogens (tertiary/aromatic N) is 2. The molecule has 0 spiro atoms. The molecule has 4 aromatic carbocycles. The summed E-state index contributed by atoms with van der Waals surface area (Å²) in [7, 11) is -10.6. The molecular formula is C32H26F2N6O6S2. The van der Waals surface area contributed by atoms with Crippen LogP contribution in [0.5, 0.6) is 0 Å². The van der Waals surface area contributed by atoms with Crippen LogP contribution in [0.25, 0.3) is 23.3 Å². The largest absolute Gasteiger partial charge is 0.321 e. The summed E-state index contributed by atoms with van der Waals surface area (Å²) in [4.78, 5) is 0. The van der Waals surface area contributed by atoms with E-state index in [2.05, 4.69) is 21.3 Å². The van der Waals surface area contributed by atoms with Crippen molar-refractivity contribution in [2.75, 3.05) is 0 Å². The Morgan fingerprint density at radius 2 is 1.02 bits per heavy atom. The molecule has 0 radical (unpaired) electrons. The molecule has 0 aliphatic heterocycles. The Kier molecular flexibility index (Phi) is 7.24. The molecule has 0 amide bonds. The average molecular weight is 693 g/mol. The number of fused-ring (bicyclic) bond motifs is 2. The van der Waals surface area contributed by atoms with Gasteiger partial charge in [-0.05, 0) is 57.7 Å². The van der Waals surface area contributed by atoms with Crippen molar-refractivity contribution in [1.82, 2.24) is 0 Å². The Hall–Kier alpha value is -4.84. The van der Waals surface area contributed by atoms with Crippen LogP contribution in [-0.4, -0.2) is 38.0 Å². The topological polar surface area (TPSA) is 233 Å². The summed E-state index contributed by atoms with van der Waals surface area (Å²) in [5.41, 5.74) is 17.3. The molecule has 4 unspecified atom stereocenters. The number of nitrogens with two attached hydrogens (primary N) is 2. The minimum atomic E-state index is -5.29. The molecule has 4 aromatic rings. The van der Waals surface area contributed by atoms with Crippen molar-refractivity contribution >= 4 is 32.4 Å². The maximum atomic E-state index is 16.3. The molecular weight excluding hydrogens is 667 g/mol. The van der Waals surface area contributed by atoms with Gasteiger partial charge in [0, 0.05) is 11.1 Å². The highest BCUT2D eigenvalue weighted by atomic mass is 32.2. The molecule has 16 heteroatoms. The Balaban J connectivity index is 1.52. The molecule has 0 bridgehead atoms. The molecule has 48 heavy (non-hydrogen) atoms. The van der Waals surface area contributed by atoms with E-state index in [1.165, 1.54) is 60.7 Å². The molecule has 4 atom stereocenters. The Morgan fingerprint density at radius 1 is 0.646 bits per heavy atom. The fourth-order valence-electron chi connectivity index (χ4n) is 6.85. The number of hydrogen-bond acceptors (Lipinski definition) is 10. The van der Waals surface area contributed by atoms with Gasteiger partial charge < -0.3 is 11.5 Å². The van der Waals surface area contributed by atoms with Crippen molar-refractivity contribution in [2.24, 2.45) is 21.7 Å². The number of hydrogen-bond donors (Lipinski definition) is 6. The maximum Gasteiger partial charge on any atom is 0.281 e. The lowest BCUT2D eigenvalue weighted by Gasteiger charge is -2.40. The van der Waals surface area contributed by atoms with E-state index in [-0.39, 0.29) is 44.8 Å². The molecule has 0 fully saturated rings. The van der Waals surface area contributed by atoms with Gasteiger partial charge in [-0.25, -0.2) is 19.8 Å². The lowest BCUT2D eigenvalue weighted by molar-refractivity contribution is 0.416. The van der Waals surface area contributed by atoms with Gasteiger partial charge in [0.1, 0.15) is 11.6 Å². The van der Waals surface area contributed by atoms with Crippen molar-refractivity contribution in [3.8, 4) is 11.1 Å². The number of halogens is 2. The highest BCUT2D eigenvalue weighted by molar-refractivity contribution is 7.87. The van der Waals surface area contributed by atoms with E-state index in [4.69, 9.17) is 14.3 Å². The summed E-state index contributed by atoms with van der Waals surface area (Å²) in [5.74, 6) is -2.35. The molecule has 6 rings (SSSR count). The second kappa shape index (κ2) is 11.4. The van der Waals surface area contributed by atoms with Gasteiger partial charge in [-0.15, -0.1) is 0 Å². The zero-order valence-electron chi connectivity index (χ0n) is 26.4. The van der Waals surface area contributed by atoms with Crippen molar-refractivity contribution in [3.63, 3.8) is 0 Å². The van der Waals surface area contributed by atoms with E-state index in [1.807, 2.05) is 0 Å². The molecule has 246 valence electrons. The van der Waals surface area contributed by atoms with Crippen LogP contribution in [0.3, 0.4) is 0 Å². The Morgan fingerprint density at radius 3 is 1.35 bits per heavy atom. The van der Waals surface area contributed by atoms with Gasteiger partial charge in [-0.2, -0.15) is 27.1 Å². The van der Waals surface area contributed by atoms with E-state index < -0.39 is 64.6 Å². The van der Waals surface area contributed by atoms with Crippen LogP contribution in [0.1, 0.15) is 33.4 Å². The van der Waals surface area contributed by atoms with Gasteiger partial charge >= 0.3 is 0 Å². The van der Waals surface area contributed by atoms with Crippen LogP contribution in [0.2, 0.25) is 2.82 Å². The number of benzene rings is 4.